The lowest BCUT2D eigenvalue weighted by molar-refractivity contribution is -0.139. The highest BCUT2D eigenvalue weighted by molar-refractivity contribution is 5.90. The van der Waals surface area contributed by atoms with Crippen LogP contribution in [-0.2, 0) is 9.59 Å². The number of aliphatic hydroxyl groups is 1. The first-order valence-corrected chi connectivity index (χ1v) is 4.49. The van der Waals surface area contributed by atoms with Crippen molar-refractivity contribution in [1.82, 2.24) is 5.32 Å². The van der Waals surface area contributed by atoms with Crippen molar-refractivity contribution in [3.05, 3.63) is 0 Å². The summed E-state index contributed by atoms with van der Waals surface area (Å²) in [4.78, 5) is 22.2. The number of nitrogens with two attached hydrogens (primary N) is 1. The Kier molecular flexibility index (Phi) is 4.07. The van der Waals surface area contributed by atoms with Crippen molar-refractivity contribution >= 4 is 11.8 Å². The molecule has 1 atom stereocenters. The van der Waals surface area contributed by atoms with Crippen LogP contribution in [0.2, 0.25) is 0 Å². The summed E-state index contributed by atoms with van der Waals surface area (Å²) in [6.45, 7) is 6.22. The molecule has 0 aromatic carbocycles. The molecule has 0 bridgehead atoms. The number of hydrogen-bond acceptors (Lipinski definition) is 3. The van der Waals surface area contributed by atoms with E-state index in [2.05, 4.69) is 5.32 Å². The van der Waals surface area contributed by atoms with Gasteiger partial charge in [-0.3, -0.25) is 9.59 Å². The van der Waals surface area contributed by atoms with E-state index in [1.807, 2.05) is 0 Å². The first-order chi connectivity index (χ1) is 6.16. The van der Waals surface area contributed by atoms with Gasteiger partial charge in [-0.05, 0) is 19.8 Å². The monoisotopic (exact) mass is 202 g/mol. The van der Waals surface area contributed by atoms with E-state index >= 15 is 0 Å². The van der Waals surface area contributed by atoms with E-state index in [4.69, 9.17) is 5.73 Å². The second-order valence-electron chi connectivity index (χ2n) is 4.16. The fraction of sp³-hybridized carbons (Fsp3) is 0.778. The zero-order valence-electron chi connectivity index (χ0n) is 9.00. The van der Waals surface area contributed by atoms with Gasteiger partial charge in [-0.1, -0.05) is 13.8 Å². The highest BCUT2D eigenvalue weighted by Crippen LogP contribution is 2.05. The minimum absolute atomic E-state index is 0.0983. The Hall–Kier alpha value is -1.10. The highest BCUT2D eigenvalue weighted by atomic mass is 16.3. The topological polar surface area (TPSA) is 92.4 Å². The highest BCUT2D eigenvalue weighted by Gasteiger charge is 2.29. The van der Waals surface area contributed by atoms with E-state index in [1.54, 1.807) is 13.8 Å². The van der Waals surface area contributed by atoms with Crippen LogP contribution in [0, 0.1) is 5.92 Å². The minimum atomic E-state index is -1.50. The lowest BCUT2D eigenvalue weighted by Crippen LogP contribution is -2.53. The van der Waals surface area contributed by atoms with Gasteiger partial charge >= 0.3 is 0 Å². The van der Waals surface area contributed by atoms with Gasteiger partial charge in [0.2, 0.25) is 5.91 Å². The van der Waals surface area contributed by atoms with Crippen LogP contribution in [0.3, 0.4) is 0 Å². The molecule has 5 nitrogen and oxygen atoms in total. The van der Waals surface area contributed by atoms with E-state index in [0.29, 0.717) is 0 Å². The third kappa shape index (κ3) is 3.74. The summed E-state index contributed by atoms with van der Waals surface area (Å²) >= 11 is 0. The molecular formula is C9H18N2O3. The molecule has 0 aromatic heterocycles. The molecule has 2 amide bonds. The van der Waals surface area contributed by atoms with Crippen LogP contribution >= 0.6 is 0 Å². The maximum Gasteiger partial charge on any atom is 0.252 e. The molecule has 4 N–H and O–H groups in total. The van der Waals surface area contributed by atoms with Crippen molar-refractivity contribution in [2.45, 2.75) is 39.3 Å². The third-order valence-electron chi connectivity index (χ3n) is 1.82. The Morgan fingerprint density at radius 2 is 1.79 bits per heavy atom. The van der Waals surface area contributed by atoms with Gasteiger partial charge in [-0.15, -0.1) is 0 Å². The number of carbonyl (C=O) groups is 2. The van der Waals surface area contributed by atoms with Gasteiger partial charge in [0.25, 0.3) is 5.91 Å². The zero-order chi connectivity index (χ0) is 11.5. The molecule has 0 heterocycles. The maximum atomic E-state index is 11.3. The molecule has 5 heteroatoms. The van der Waals surface area contributed by atoms with Gasteiger partial charge < -0.3 is 16.2 Å². The normalized spacial score (nSPS) is 13.9. The largest absolute Gasteiger partial charge is 0.381 e. The molecule has 0 spiro atoms. The molecule has 0 rings (SSSR count). The van der Waals surface area contributed by atoms with Gasteiger partial charge in [0.05, 0.1) is 0 Å². The van der Waals surface area contributed by atoms with Crippen LogP contribution < -0.4 is 11.1 Å². The summed E-state index contributed by atoms with van der Waals surface area (Å²) in [5.41, 5.74) is 3.60. The van der Waals surface area contributed by atoms with Crippen molar-refractivity contribution in [2.24, 2.45) is 11.7 Å². The predicted molar refractivity (Wildman–Crippen MR) is 52.3 cm³/mol. The van der Waals surface area contributed by atoms with Gasteiger partial charge in [0, 0.05) is 0 Å². The summed E-state index contributed by atoms with van der Waals surface area (Å²) < 4.78 is 0. The van der Waals surface area contributed by atoms with Crippen LogP contribution in [0.25, 0.3) is 0 Å². The van der Waals surface area contributed by atoms with Crippen LogP contribution in [0.1, 0.15) is 27.7 Å². The molecule has 0 aromatic rings. The number of primary amides is 1. The molecule has 14 heavy (non-hydrogen) atoms. The first-order valence-electron chi connectivity index (χ1n) is 4.49. The summed E-state index contributed by atoms with van der Waals surface area (Å²) in [7, 11) is 0. The summed E-state index contributed by atoms with van der Waals surface area (Å²) in [6.07, 6.45) is 0. The number of rotatable bonds is 4. The molecule has 0 aliphatic carbocycles. The Balaban J connectivity index is 4.48. The van der Waals surface area contributed by atoms with E-state index in [0.717, 1.165) is 0 Å². The fourth-order valence-corrected chi connectivity index (χ4v) is 0.884. The Labute approximate surface area is 83.7 Å². The van der Waals surface area contributed by atoms with Crippen LogP contribution in [0.4, 0.5) is 0 Å². The maximum absolute atomic E-state index is 11.3. The minimum Gasteiger partial charge on any atom is -0.381 e. The summed E-state index contributed by atoms with van der Waals surface area (Å²) in [6, 6.07) is -0.742. The molecule has 0 aliphatic heterocycles. The van der Waals surface area contributed by atoms with E-state index in [9.17, 15) is 14.7 Å². The number of amides is 2. The van der Waals surface area contributed by atoms with Crippen LogP contribution in [0.5, 0.6) is 0 Å². The molecule has 0 aliphatic rings. The van der Waals surface area contributed by atoms with Gasteiger partial charge in [0.1, 0.15) is 11.6 Å². The lowest BCUT2D eigenvalue weighted by Gasteiger charge is -2.23. The van der Waals surface area contributed by atoms with E-state index in [1.165, 1.54) is 13.8 Å². The van der Waals surface area contributed by atoms with E-state index in [-0.39, 0.29) is 5.92 Å². The van der Waals surface area contributed by atoms with Crippen LogP contribution in [0.15, 0.2) is 0 Å². The first kappa shape index (κ1) is 12.9. The second kappa shape index (κ2) is 4.41. The molecule has 0 fully saturated rings. The molecule has 0 radical (unpaired) electrons. The van der Waals surface area contributed by atoms with Crippen molar-refractivity contribution in [2.75, 3.05) is 0 Å². The van der Waals surface area contributed by atoms with Crippen molar-refractivity contribution in [3.8, 4) is 0 Å². The number of hydrogen-bond donors (Lipinski definition) is 3. The number of nitrogens with one attached hydrogen (secondary N) is 1. The molecule has 1 unspecified atom stereocenters. The van der Waals surface area contributed by atoms with Crippen molar-refractivity contribution < 1.29 is 14.7 Å². The quantitative estimate of drug-likeness (QED) is 0.567. The standard InChI is InChI=1S/C9H18N2O3/c1-5(2)6(7(10)12)11-8(13)9(3,4)14/h5-6,14H,1-4H3,(H2,10,12)(H,11,13). The van der Waals surface area contributed by atoms with Gasteiger partial charge in [0.15, 0.2) is 0 Å². The average Bonchev–Trinajstić information content (AvgIpc) is 1.96. The Morgan fingerprint density at radius 3 is 2.00 bits per heavy atom. The van der Waals surface area contributed by atoms with E-state index < -0.39 is 23.5 Å². The summed E-state index contributed by atoms with van der Waals surface area (Å²) in [5, 5.41) is 11.7. The van der Waals surface area contributed by atoms with Gasteiger partial charge in [-0.2, -0.15) is 0 Å². The Bertz CT molecular complexity index is 231. The number of carbonyl (C=O) groups excluding carboxylic acids is 2. The molecule has 0 saturated carbocycles. The smallest absolute Gasteiger partial charge is 0.252 e. The average molecular weight is 202 g/mol. The Morgan fingerprint density at radius 1 is 1.36 bits per heavy atom. The molecular weight excluding hydrogens is 184 g/mol. The SMILES string of the molecule is CC(C)C(NC(=O)C(C)(C)O)C(N)=O. The van der Waals surface area contributed by atoms with Gasteiger partial charge in [-0.25, -0.2) is 0 Å². The van der Waals surface area contributed by atoms with Crippen molar-refractivity contribution in [1.29, 1.82) is 0 Å². The molecule has 82 valence electrons. The predicted octanol–water partition coefficient (Wildman–Crippen LogP) is -0.617. The third-order valence-corrected chi connectivity index (χ3v) is 1.82. The lowest BCUT2D eigenvalue weighted by atomic mass is 10.0. The van der Waals surface area contributed by atoms with Crippen LogP contribution in [-0.4, -0.2) is 28.6 Å². The molecule has 0 saturated heterocycles. The fourth-order valence-electron chi connectivity index (χ4n) is 0.884. The summed E-state index contributed by atoms with van der Waals surface area (Å²) in [5.74, 6) is -1.30. The zero-order valence-corrected chi connectivity index (χ0v) is 9.00. The van der Waals surface area contributed by atoms with Crippen molar-refractivity contribution in [3.63, 3.8) is 0 Å². The second-order valence-corrected chi connectivity index (χ2v) is 4.16.